The van der Waals surface area contributed by atoms with Gasteiger partial charge in [0.1, 0.15) is 5.75 Å². The third-order valence-corrected chi connectivity index (χ3v) is 5.36. The van der Waals surface area contributed by atoms with Crippen LogP contribution < -0.4 is 4.74 Å². The lowest BCUT2D eigenvalue weighted by atomic mass is 9.92. The quantitative estimate of drug-likeness (QED) is 0.328. The molecule has 1 aliphatic carbocycles. The van der Waals surface area contributed by atoms with Gasteiger partial charge in [-0.1, -0.05) is 24.3 Å². The van der Waals surface area contributed by atoms with Crippen molar-refractivity contribution in [1.82, 2.24) is 0 Å². The van der Waals surface area contributed by atoms with E-state index >= 15 is 0 Å². The van der Waals surface area contributed by atoms with E-state index in [0.29, 0.717) is 25.2 Å². The number of hydrogen-bond acceptors (Lipinski definition) is 4. The topological polar surface area (TPSA) is 87.0 Å². The maximum absolute atomic E-state index is 10.5. The van der Waals surface area contributed by atoms with Crippen molar-refractivity contribution < 1.29 is 24.9 Å². The van der Waals surface area contributed by atoms with Crippen molar-refractivity contribution in [2.75, 3.05) is 6.61 Å². The molecule has 0 amide bonds. The zero-order valence-electron chi connectivity index (χ0n) is 14.8. The van der Waals surface area contributed by atoms with Gasteiger partial charge < -0.3 is 20.1 Å². The van der Waals surface area contributed by atoms with Crippen molar-refractivity contribution in [3.05, 3.63) is 42.0 Å². The predicted octanol–water partition coefficient (Wildman–Crippen LogP) is 3.36. The summed E-state index contributed by atoms with van der Waals surface area (Å²) in [5.74, 6) is 0.00977. The summed E-state index contributed by atoms with van der Waals surface area (Å²) in [7, 11) is 0. The van der Waals surface area contributed by atoms with E-state index in [9.17, 15) is 9.90 Å². The molecule has 0 aromatic heterocycles. The van der Waals surface area contributed by atoms with Crippen molar-refractivity contribution in [3.8, 4) is 5.75 Å². The first-order valence-corrected chi connectivity index (χ1v) is 9.46. The van der Waals surface area contributed by atoms with Gasteiger partial charge in [0.2, 0.25) is 0 Å². The lowest BCUT2D eigenvalue weighted by molar-refractivity contribution is -0.137. The maximum atomic E-state index is 10.5. The number of rotatable bonds is 10. The first-order valence-electron chi connectivity index (χ1n) is 9.02. The number of allylic oxidation sites excluding steroid dienone is 2. The second-order valence-corrected chi connectivity index (χ2v) is 7.31. The molecule has 2 rings (SSSR count). The Morgan fingerprint density at radius 2 is 1.96 bits per heavy atom. The van der Waals surface area contributed by atoms with Crippen LogP contribution in [-0.4, -0.2) is 39.4 Å². The predicted molar refractivity (Wildman–Crippen MR) is 100 cm³/mol. The lowest BCUT2D eigenvalue weighted by Gasteiger charge is -2.22. The molecule has 3 N–H and O–H groups in total. The standard InChI is InChI=1S/C20H27ClO5/c21-18-11-19(23)17(13-26-15-9-7-14(12-22)8-10-15)16(18)5-3-1-2-4-6-20(24)25/h1,3,7-10,16-19,22-23H,2,4-6,11-13H2,(H,24,25)/b3-1-/t16-,17-,18+,19-/m1/s1. The SMILES string of the molecule is O=C(O)CCC/C=C\C[C@@H]1[C@@H](COc2ccc(CO)cc2)[C@H](O)C[C@@H]1Cl. The van der Waals surface area contributed by atoms with E-state index in [1.54, 1.807) is 0 Å². The zero-order valence-corrected chi connectivity index (χ0v) is 15.5. The largest absolute Gasteiger partial charge is 0.493 e. The molecule has 1 aliphatic rings. The van der Waals surface area contributed by atoms with Crippen LogP contribution in [0, 0.1) is 11.8 Å². The van der Waals surface area contributed by atoms with Gasteiger partial charge in [0.15, 0.2) is 0 Å². The first kappa shape index (κ1) is 20.7. The molecule has 0 aliphatic heterocycles. The summed E-state index contributed by atoms with van der Waals surface area (Å²) in [6, 6.07) is 7.23. The van der Waals surface area contributed by atoms with Gasteiger partial charge in [-0.2, -0.15) is 0 Å². The number of alkyl halides is 1. The van der Waals surface area contributed by atoms with Crippen LogP contribution in [0.2, 0.25) is 0 Å². The van der Waals surface area contributed by atoms with Crippen molar-refractivity contribution in [2.24, 2.45) is 11.8 Å². The molecule has 0 radical (unpaired) electrons. The van der Waals surface area contributed by atoms with Gasteiger partial charge in [0.25, 0.3) is 0 Å². The third kappa shape index (κ3) is 6.31. The number of aliphatic hydroxyl groups is 2. The molecule has 4 atom stereocenters. The molecule has 6 heteroatoms. The molecule has 0 spiro atoms. The molecule has 26 heavy (non-hydrogen) atoms. The van der Waals surface area contributed by atoms with Gasteiger partial charge in [-0.15, -0.1) is 11.6 Å². The number of hydrogen-bond donors (Lipinski definition) is 3. The summed E-state index contributed by atoms with van der Waals surface area (Å²) in [4.78, 5) is 10.5. The van der Waals surface area contributed by atoms with Crippen LogP contribution in [0.1, 0.15) is 37.7 Å². The highest BCUT2D eigenvalue weighted by atomic mass is 35.5. The van der Waals surface area contributed by atoms with Crippen LogP contribution in [0.5, 0.6) is 5.75 Å². The molecule has 0 saturated heterocycles. The Hall–Kier alpha value is -1.56. The molecule has 1 aromatic rings. The number of unbranched alkanes of at least 4 members (excludes halogenated alkanes) is 1. The Balaban J connectivity index is 1.83. The number of benzene rings is 1. The monoisotopic (exact) mass is 382 g/mol. The van der Waals surface area contributed by atoms with E-state index in [-0.39, 0.29) is 30.2 Å². The fourth-order valence-electron chi connectivity index (χ4n) is 3.32. The maximum Gasteiger partial charge on any atom is 0.303 e. The van der Waals surface area contributed by atoms with E-state index in [4.69, 9.17) is 26.6 Å². The molecular formula is C20H27ClO5. The second-order valence-electron chi connectivity index (χ2n) is 6.75. The van der Waals surface area contributed by atoms with Crippen LogP contribution in [0.25, 0.3) is 0 Å². The summed E-state index contributed by atoms with van der Waals surface area (Å²) in [5, 5.41) is 27.9. The lowest BCUT2D eigenvalue weighted by Crippen LogP contribution is -2.27. The van der Waals surface area contributed by atoms with Crippen molar-refractivity contribution >= 4 is 17.6 Å². The molecule has 0 unspecified atom stereocenters. The number of halogens is 1. The van der Waals surface area contributed by atoms with Crippen LogP contribution in [0.15, 0.2) is 36.4 Å². The number of aliphatic carboxylic acids is 1. The molecule has 1 aromatic carbocycles. The van der Waals surface area contributed by atoms with Gasteiger partial charge >= 0.3 is 5.97 Å². The van der Waals surface area contributed by atoms with E-state index in [1.807, 2.05) is 36.4 Å². The highest BCUT2D eigenvalue weighted by molar-refractivity contribution is 6.21. The fraction of sp³-hybridized carbons (Fsp3) is 0.550. The molecule has 5 nitrogen and oxygen atoms in total. The number of ether oxygens (including phenoxy) is 1. The summed E-state index contributed by atoms with van der Waals surface area (Å²) in [5.41, 5.74) is 0.824. The number of carbonyl (C=O) groups is 1. The molecule has 144 valence electrons. The highest BCUT2D eigenvalue weighted by Gasteiger charge is 2.41. The molecule has 1 fully saturated rings. The Morgan fingerprint density at radius 1 is 1.23 bits per heavy atom. The zero-order chi connectivity index (χ0) is 18.9. The van der Waals surface area contributed by atoms with Crippen molar-refractivity contribution in [2.45, 2.75) is 50.2 Å². The highest BCUT2D eigenvalue weighted by Crippen LogP contribution is 2.39. The fourth-order valence-corrected chi connectivity index (χ4v) is 3.79. The second kappa shape index (κ2) is 10.6. The molecule has 0 bridgehead atoms. The smallest absolute Gasteiger partial charge is 0.303 e. The Morgan fingerprint density at radius 3 is 2.62 bits per heavy atom. The Bertz CT molecular complexity index is 586. The van der Waals surface area contributed by atoms with Crippen LogP contribution in [0.4, 0.5) is 0 Å². The normalized spacial score (nSPS) is 25.7. The Labute approximate surface area is 159 Å². The first-order chi connectivity index (χ1) is 12.5. The Kier molecular flexibility index (Phi) is 8.42. The minimum Gasteiger partial charge on any atom is -0.493 e. The van der Waals surface area contributed by atoms with Gasteiger partial charge in [0.05, 0.1) is 19.3 Å². The summed E-state index contributed by atoms with van der Waals surface area (Å²) in [6.07, 6.45) is 6.36. The molecule has 1 saturated carbocycles. The number of carboxylic acids is 1. The molecular weight excluding hydrogens is 356 g/mol. The van der Waals surface area contributed by atoms with Crippen LogP contribution in [-0.2, 0) is 11.4 Å². The number of carboxylic acid groups (broad SMARTS) is 1. The minimum atomic E-state index is -0.776. The van der Waals surface area contributed by atoms with E-state index < -0.39 is 12.1 Å². The third-order valence-electron chi connectivity index (χ3n) is 4.86. The summed E-state index contributed by atoms with van der Waals surface area (Å²) < 4.78 is 5.82. The van der Waals surface area contributed by atoms with Crippen LogP contribution >= 0.6 is 11.6 Å². The van der Waals surface area contributed by atoms with E-state index in [1.165, 1.54) is 0 Å². The van der Waals surface area contributed by atoms with Gasteiger partial charge in [0, 0.05) is 17.7 Å². The van der Waals surface area contributed by atoms with Crippen LogP contribution in [0.3, 0.4) is 0 Å². The van der Waals surface area contributed by atoms with Gasteiger partial charge in [-0.25, -0.2) is 0 Å². The van der Waals surface area contributed by atoms with Crippen molar-refractivity contribution in [1.29, 1.82) is 0 Å². The van der Waals surface area contributed by atoms with E-state index in [0.717, 1.165) is 18.4 Å². The number of aliphatic hydroxyl groups excluding tert-OH is 2. The van der Waals surface area contributed by atoms with Crippen molar-refractivity contribution in [3.63, 3.8) is 0 Å². The molecule has 0 heterocycles. The van der Waals surface area contributed by atoms with Gasteiger partial charge in [-0.05, 0) is 49.3 Å². The summed E-state index contributed by atoms with van der Waals surface area (Å²) >= 11 is 6.42. The minimum absolute atomic E-state index is 0.00355. The average Bonchev–Trinajstić information content (AvgIpc) is 2.89. The average molecular weight is 383 g/mol. The van der Waals surface area contributed by atoms with Gasteiger partial charge in [-0.3, -0.25) is 4.79 Å². The summed E-state index contributed by atoms with van der Waals surface area (Å²) in [6.45, 7) is 0.386. The van der Waals surface area contributed by atoms with E-state index in [2.05, 4.69) is 0 Å².